The summed E-state index contributed by atoms with van der Waals surface area (Å²) in [6, 6.07) is 34.3. The van der Waals surface area contributed by atoms with Gasteiger partial charge in [0.15, 0.2) is 0 Å². The van der Waals surface area contributed by atoms with Crippen molar-refractivity contribution >= 4 is 17.9 Å². The van der Waals surface area contributed by atoms with Crippen LogP contribution in [0.2, 0.25) is 0 Å². The molecule has 0 saturated carbocycles. The standard InChI is InChI=1S/C38H40N2O4/c41-36-34-16-7-8-17-35(34)37(42)40(36)27-11-2-1-4-12-29-18-22-32(23-19-29)33-24-20-30(21-25-33)13-9-10-26-39-38(43)44-28-31-14-5-3-6-15-31/h3,5-8,14-25H,1-2,4,9-13,26-28H2,(H,39,43). The van der Waals surface area contributed by atoms with Gasteiger partial charge < -0.3 is 10.1 Å². The first-order chi connectivity index (χ1) is 21.6. The van der Waals surface area contributed by atoms with E-state index in [0.717, 1.165) is 56.9 Å². The van der Waals surface area contributed by atoms with Crippen molar-refractivity contribution in [2.45, 2.75) is 58.0 Å². The van der Waals surface area contributed by atoms with Crippen molar-refractivity contribution in [1.82, 2.24) is 10.2 Å². The molecule has 44 heavy (non-hydrogen) atoms. The Morgan fingerprint density at radius 3 is 1.68 bits per heavy atom. The maximum atomic E-state index is 12.5. The zero-order valence-electron chi connectivity index (χ0n) is 25.2. The molecule has 5 rings (SSSR count). The van der Waals surface area contributed by atoms with E-state index in [1.54, 1.807) is 24.3 Å². The molecule has 0 bridgehead atoms. The fourth-order valence-electron chi connectivity index (χ4n) is 5.54. The van der Waals surface area contributed by atoms with Gasteiger partial charge in [-0.2, -0.15) is 0 Å². The number of benzene rings is 4. The van der Waals surface area contributed by atoms with Gasteiger partial charge >= 0.3 is 6.09 Å². The molecule has 0 unspecified atom stereocenters. The Morgan fingerprint density at radius 2 is 1.09 bits per heavy atom. The molecule has 3 amide bonds. The summed E-state index contributed by atoms with van der Waals surface area (Å²) in [5.74, 6) is -0.326. The van der Waals surface area contributed by atoms with Crippen LogP contribution in [-0.2, 0) is 24.2 Å². The van der Waals surface area contributed by atoms with Gasteiger partial charge in [0.1, 0.15) is 6.61 Å². The highest BCUT2D eigenvalue weighted by atomic mass is 16.5. The summed E-state index contributed by atoms with van der Waals surface area (Å²) in [6.07, 6.45) is 7.50. The van der Waals surface area contributed by atoms with Gasteiger partial charge in [-0.25, -0.2) is 4.79 Å². The lowest BCUT2D eigenvalue weighted by Gasteiger charge is -2.13. The number of imide groups is 1. The third-order valence-corrected chi connectivity index (χ3v) is 8.09. The molecule has 1 aliphatic rings. The lowest BCUT2D eigenvalue weighted by Crippen LogP contribution is -2.30. The van der Waals surface area contributed by atoms with Crippen LogP contribution in [0.1, 0.15) is 75.9 Å². The molecule has 6 heteroatoms. The Hall–Kier alpha value is -4.71. The molecule has 1 heterocycles. The number of carbonyl (C=O) groups excluding carboxylic acids is 3. The number of rotatable bonds is 15. The van der Waals surface area contributed by atoms with E-state index in [4.69, 9.17) is 4.74 Å². The molecule has 0 atom stereocenters. The minimum atomic E-state index is -0.374. The maximum absolute atomic E-state index is 12.5. The Bertz CT molecular complexity index is 1500. The van der Waals surface area contributed by atoms with E-state index in [1.165, 1.54) is 27.2 Å². The summed E-state index contributed by atoms with van der Waals surface area (Å²) >= 11 is 0. The molecular formula is C38H40N2O4. The maximum Gasteiger partial charge on any atom is 0.407 e. The van der Waals surface area contributed by atoms with Crippen molar-refractivity contribution in [2.24, 2.45) is 0 Å². The highest BCUT2D eigenvalue weighted by Crippen LogP contribution is 2.24. The number of fused-ring (bicyclic) bond motifs is 1. The Kier molecular flexibility index (Phi) is 10.9. The van der Waals surface area contributed by atoms with Crippen molar-refractivity contribution in [3.8, 4) is 11.1 Å². The third kappa shape index (κ3) is 8.44. The Morgan fingerprint density at radius 1 is 0.568 bits per heavy atom. The second-order valence-corrected chi connectivity index (χ2v) is 11.3. The van der Waals surface area contributed by atoms with Gasteiger partial charge in [-0.05, 0) is 78.5 Å². The molecule has 0 aliphatic carbocycles. The SMILES string of the molecule is O=C(NCCCCc1ccc(-c2ccc(CCCCCCN3C(=O)c4ccccc4C3=O)cc2)cc1)OCc1ccccc1. The van der Waals surface area contributed by atoms with Crippen LogP contribution in [0.25, 0.3) is 11.1 Å². The number of ether oxygens (including phenoxy) is 1. The highest BCUT2D eigenvalue weighted by molar-refractivity contribution is 6.21. The van der Waals surface area contributed by atoms with Gasteiger partial charge in [-0.15, -0.1) is 0 Å². The minimum Gasteiger partial charge on any atom is -0.445 e. The second kappa shape index (κ2) is 15.7. The summed E-state index contributed by atoms with van der Waals surface area (Å²) in [5.41, 5.74) is 7.06. The third-order valence-electron chi connectivity index (χ3n) is 8.09. The number of aryl methyl sites for hydroxylation is 2. The normalized spacial score (nSPS) is 12.3. The lowest BCUT2D eigenvalue weighted by molar-refractivity contribution is 0.0651. The van der Waals surface area contributed by atoms with Crippen LogP contribution in [-0.4, -0.2) is 35.9 Å². The minimum absolute atomic E-state index is 0.163. The first kappa shape index (κ1) is 30.7. The van der Waals surface area contributed by atoms with Crippen molar-refractivity contribution in [1.29, 1.82) is 0 Å². The second-order valence-electron chi connectivity index (χ2n) is 11.3. The Labute approximate surface area is 260 Å². The van der Waals surface area contributed by atoms with Gasteiger partial charge in [0.25, 0.3) is 11.8 Å². The molecule has 4 aromatic rings. The van der Waals surface area contributed by atoms with Crippen LogP contribution >= 0.6 is 0 Å². The van der Waals surface area contributed by atoms with Gasteiger partial charge in [-0.1, -0.05) is 104 Å². The van der Waals surface area contributed by atoms with Gasteiger partial charge in [0.05, 0.1) is 11.1 Å². The van der Waals surface area contributed by atoms with Crippen LogP contribution in [0.15, 0.2) is 103 Å². The number of amides is 3. The number of alkyl carbamates (subject to hydrolysis) is 1. The summed E-state index contributed by atoms with van der Waals surface area (Å²) in [7, 11) is 0. The summed E-state index contributed by atoms with van der Waals surface area (Å²) in [6.45, 7) is 1.38. The number of carbonyl (C=O) groups is 3. The van der Waals surface area contributed by atoms with E-state index in [1.807, 2.05) is 30.3 Å². The molecule has 0 aromatic heterocycles. The summed E-state index contributed by atoms with van der Waals surface area (Å²) in [5, 5.41) is 2.83. The van der Waals surface area contributed by atoms with Gasteiger partial charge in [-0.3, -0.25) is 14.5 Å². The van der Waals surface area contributed by atoms with Gasteiger partial charge in [0.2, 0.25) is 0 Å². The largest absolute Gasteiger partial charge is 0.445 e. The zero-order valence-corrected chi connectivity index (χ0v) is 25.2. The molecule has 0 spiro atoms. The first-order valence-electron chi connectivity index (χ1n) is 15.7. The summed E-state index contributed by atoms with van der Waals surface area (Å²) in [4.78, 5) is 38.2. The number of nitrogens with one attached hydrogen (secondary N) is 1. The Balaban J connectivity index is 0.938. The molecule has 4 aromatic carbocycles. The number of hydrogen-bond acceptors (Lipinski definition) is 4. The average Bonchev–Trinajstić information content (AvgIpc) is 3.31. The van der Waals surface area contributed by atoms with E-state index in [-0.39, 0.29) is 24.5 Å². The van der Waals surface area contributed by atoms with Crippen molar-refractivity contribution in [3.05, 3.63) is 131 Å². The average molecular weight is 589 g/mol. The van der Waals surface area contributed by atoms with Crippen molar-refractivity contribution in [2.75, 3.05) is 13.1 Å². The van der Waals surface area contributed by atoms with Gasteiger partial charge in [0, 0.05) is 13.1 Å². The highest BCUT2D eigenvalue weighted by Gasteiger charge is 2.34. The van der Waals surface area contributed by atoms with Crippen LogP contribution < -0.4 is 5.32 Å². The predicted molar refractivity (Wildman–Crippen MR) is 173 cm³/mol. The molecule has 1 aliphatic heterocycles. The van der Waals surface area contributed by atoms with E-state index in [2.05, 4.69) is 53.8 Å². The fourth-order valence-corrected chi connectivity index (χ4v) is 5.54. The molecule has 226 valence electrons. The van der Waals surface area contributed by atoms with Crippen LogP contribution in [0.3, 0.4) is 0 Å². The lowest BCUT2D eigenvalue weighted by atomic mass is 9.99. The van der Waals surface area contributed by atoms with Crippen molar-refractivity contribution < 1.29 is 19.1 Å². The van der Waals surface area contributed by atoms with Crippen molar-refractivity contribution in [3.63, 3.8) is 0 Å². The molecule has 0 fully saturated rings. The molecular weight excluding hydrogens is 548 g/mol. The first-order valence-corrected chi connectivity index (χ1v) is 15.7. The van der Waals surface area contributed by atoms with Crippen LogP contribution in [0.4, 0.5) is 4.79 Å². The number of hydrogen-bond donors (Lipinski definition) is 1. The van der Waals surface area contributed by atoms with E-state index >= 15 is 0 Å². The van der Waals surface area contributed by atoms with E-state index in [0.29, 0.717) is 24.2 Å². The zero-order chi connectivity index (χ0) is 30.6. The number of nitrogens with zero attached hydrogens (tertiary/aromatic N) is 1. The predicted octanol–water partition coefficient (Wildman–Crippen LogP) is 8.00. The van der Waals surface area contributed by atoms with Crippen LogP contribution in [0, 0.1) is 0 Å². The molecule has 0 radical (unpaired) electrons. The monoisotopic (exact) mass is 588 g/mol. The topological polar surface area (TPSA) is 75.7 Å². The molecule has 1 N–H and O–H groups in total. The number of unbranched alkanes of at least 4 members (excludes halogenated alkanes) is 4. The molecule has 0 saturated heterocycles. The fraction of sp³-hybridized carbons (Fsp3) is 0.289. The van der Waals surface area contributed by atoms with Crippen LogP contribution in [0.5, 0.6) is 0 Å². The summed E-state index contributed by atoms with van der Waals surface area (Å²) < 4.78 is 5.25. The van der Waals surface area contributed by atoms with E-state index < -0.39 is 0 Å². The molecule has 6 nitrogen and oxygen atoms in total. The quantitative estimate of drug-likeness (QED) is 0.113. The smallest absolute Gasteiger partial charge is 0.407 e. The van der Waals surface area contributed by atoms with E-state index in [9.17, 15) is 14.4 Å².